The van der Waals surface area contributed by atoms with E-state index < -0.39 is 0 Å². The first-order valence-corrected chi connectivity index (χ1v) is 6.07. The molecule has 15 heavy (non-hydrogen) atoms. The Kier molecular flexibility index (Phi) is 2.36. The third kappa shape index (κ3) is 1.91. The van der Waals surface area contributed by atoms with E-state index in [4.69, 9.17) is 4.74 Å². The molecule has 2 fully saturated rings. The van der Waals surface area contributed by atoms with Crippen molar-refractivity contribution in [1.82, 2.24) is 0 Å². The average Bonchev–Trinajstić information content (AvgIpc) is 2.67. The molecule has 2 aliphatic carbocycles. The van der Waals surface area contributed by atoms with Crippen molar-refractivity contribution in [1.29, 1.82) is 0 Å². The molecule has 0 heterocycles. The van der Waals surface area contributed by atoms with Crippen molar-refractivity contribution in [2.24, 2.45) is 17.3 Å². The van der Waals surface area contributed by atoms with Gasteiger partial charge in [-0.05, 0) is 44.9 Å². The van der Waals surface area contributed by atoms with Crippen LogP contribution in [0.1, 0.15) is 53.4 Å². The van der Waals surface area contributed by atoms with Gasteiger partial charge in [0.1, 0.15) is 5.60 Å². The van der Waals surface area contributed by atoms with Crippen LogP contribution in [0.25, 0.3) is 0 Å². The Bertz CT molecular complexity index is 277. The van der Waals surface area contributed by atoms with Crippen molar-refractivity contribution < 1.29 is 9.53 Å². The minimum Gasteiger partial charge on any atom is -0.460 e. The normalized spacial score (nSPS) is 39.5. The fraction of sp³-hybridized carbons (Fsp3) is 0.923. The number of ether oxygens (including phenoxy) is 1. The van der Waals surface area contributed by atoms with Crippen LogP contribution in [0.4, 0.5) is 0 Å². The molecule has 2 saturated carbocycles. The Labute approximate surface area is 92.4 Å². The zero-order chi connectivity index (χ0) is 11.3. The van der Waals surface area contributed by atoms with Crippen molar-refractivity contribution in [3.8, 4) is 0 Å². The largest absolute Gasteiger partial charge is 0.460 e. The Balaban J connectivity index is 1.99. The fourth-order valence-electron chi connectivity index (χ4n) is 3.17. The minimum absolute atomic E-state index is 0.0388. The van der Waals surface area contributed by atoms with Gasteiger partial charge in [0.15, 0.2) is 0 Å². The number of rotatable bonds is 1. The molecule has 2 aliphatic rings. The van der Waals surface area contributed by atoms with E-state index >= 15 is 0 Å². The van der Waals surface area contributed by atoms with Gasteiger partial charge in [0, 0.05) is 0 Å². The highest BCUT2D eigenvalue weighted by Gasteiger charge is 2.65. The van der Waals surface area contributed by atoms with Gasteiger partial charge in [0.2, 0.25) is 0 Å². The third-order valence-corrected chi connectivity index (χ3v) is 3.99. The maximum Gasteiger partial charge on any atom is 0.310 e. The van der Waals surface area contributed by atoms with Gasteiger partial charge in [-0.25, -0.2) is 0 Å². The summed E-state index contributed by atoms with van der Waals surface area (Å²) in [6, 6.07) is 0. The molecular weight excluding hydrogens is 188 g/mol. The predicted octanol–water partition coefficient (Wildman–Crippen LogP) is 3.15. The molecule has 0 saturated heterocycles. The first kappa shape index (κ1) is 11.0. The number of hydrogen-bond donors (Lipinski definition) is 0. The van der Waals surface area contributed by atoms with E-state index in [0.29, 0.717) is 5.92 Å². The van der Waals surface area contributed by atoms with Crippen LogP contribution in [-0.2, 0) is 9.53 Å². The van der Waals surface area contributed by atoms with Gasteiger partial charge >= 0.3 is 5.97 Å². The quantitative estimate of drug-likeness (QED) is 0.621. The summed E-state index contributed by atoms with van der Waals surface area (Å²) in [5.41, 5.74) is -0.0558. The van der Waals surface area contributed by atoms with Gasteiger partial charge < -0.3 is 4.74 Å². The number of esters is 1. The zero-order valence-corrected chi connectivity index (χ0v) is 10.3. The van der Waals surface area contributed by atoms with Crippen LogP contribution in [0.3, 0.4) is 0 Å². The Morgan fingerprint density at radius 3 is 2.47 bits per heavy atom. The summed E-state index contributed by atoms with van der Waals surface area (Å²) < 4.78 is 5.48. The molecule has 0 aromatic carbocycles. The summed E-state index contributed by atoms with van der Waals surface area (Å²) in [6.07, 6.45) is 5.01. The van der Waals surface area contributed by atoms with E-state index in [2.05, 4.69) is 6.92 Å². The van der Waals surface area contributed by atoms with Gasteiger partial charge in [-0.3, -0.25) is 4.79 Å². The van der Waals surface area contributed by atoms with Gasteiger partial charge in [-0.15, -0.1) is 0 Å². The molecule has 0 amide bonds. The predicted molar refractivity (Wildman–Crippen MR) is 59.4 cm³/mol. The summed E-state index contributed by atoms with van der Waals surface area (Å²) >= 11 is 0. The van der Waals surface area contributed by atoms with Gasteiger partial charge in [0.25, 0.3) is 0 Å². The lowest BCUT2D eigenvalue weighted by molar-refractivity contribution is -0.157. The maximum absolute atomic E-state index is 12.0. The maximum atomic E-state index is 12.0. The topological polar surface area (TPSA) is 26.3 Å². The van der Waals surface area contributed by atoms with Crippen LogP contribution in [0.2, 0.25) is 0 Å². The molecule has 2 heteroatoms. The van der Waals surface area contributed by atoms with E-state index in [1.165, 1.54) is 25.7 Å². The minimum atomic E-state index is -0.334. The van der Waals surface area contributed by atoms with Crippen molar-refractivity contribution in [3.63, 3.8) is 0 Å². The molecule has 86 valence electrons. The lowest BCUT2D eigenvalue weighted by atomic mass is 9.90. The number of fused-ring (bicyclic) bond motifs is 1. The molecule has 0 N–H and O–H groups in total. The van der Waals surface area contributed by atoms with Gasteiger partial charge in [-0.1, -0.05) is 19.8 Å². The highest BCUT2D eigenvalue weighted by atomic mass is 16.6. The Morgan fingerprint density at radius 2 is 2.00 bits per heavy atom. The summed E-state index contributed by atoms with van der Waals surface area (Å²) in [5.74, 6) is 0.845. The van der Waals surface area contributed by atoms with Crippen LogP contribution in [0.15, 0.2) is 0 Å². The van der Waals surface area contributed by atoms with Crippen molar-refractivity contribution >= 4 is 5.97 Å². The third-order valence-electron chi connectivity index (χ3n) is 3.99. The van der Waals surface area contributed by atoms with Crippen LogP contribution in [0.5, 0.6) is 0 Å². The first-order chi connectivity index (χ1) is 6.84. The summed E-state index contributed by atoms with van der Waals surface area (Å²) in [5, 5.41) is 0. The molecule has 0 spiro atoms. The molecule has 3 atom stereocenters. The van der Waals surface area contributed by atoms with Crippen molar-refractivity contribution in [2.45, 2.75) is 59.0 Å². The zero-order valence-electron chi connectivity index (χ0n) is 10.3. The number of carbonyl (C=O) groups is 1. The number of carbonyl (C=O) groups excluding carboxylic acids is 1. The van der Waals surface area contributed by atoms with Crippen LogP contribution in [-0.4, -0.2) is 11.6 Å². The molecular formula is C13H22O2. The standard InChI is InChI=1S/C13H22O2/c1-12(2,3)15-11(14)10-9-7-5-6-8-13(9,10)4/h9-10H,5-8H2,1-4H3/t9-,10-,13-/m1/s1. The Morgan fingerprint density at radius 1 is 1.33 bits per heavy atom. The molecule has 0 radical (unpaired) electrons. The average molecular weight is 210 g/mol. The molecule has 0 unspecified atom stereocenters. The molecule has 0 aliphatic heterocycles. The van der Waals surface area contributed by atoms with E-state index in [-0.39, 0.29) is 22.9 Å². The molecule has 2 nitrogen and oxygen atoms in total. The first-order valence-electron chi connectivity index (χ1n) is 6.07. The van der Waals surface area contributed by atoms with Gasteiger partial charge in [-0.2, -0.15) is 0 Å². The van der Waals surface area contributed by atoms with Crippen molar-refractivity contribution in [2.75, 3.05) is 0 Å². The van der Waals surface area contributed by atoms with Crippen LogP contribution < -0.4 is 0 Å². The molecule has 0 aromatic rings. The van der Waals surface area contributed by atoms with E-state index in [0.717, 1.165) is 0 Å². The van der Waals surface area contributed by atoms with Crippen LogP contribution in [0, 0.1) is 17.3 Å². The highest BCUT2D eigenvalue weighted by molar-refractivity contribution is 5.78. The van der Waals surface area contributed by atoms with Gasteiger partial charge in [0.05, 0.1) is 5.92 Å². The summed E-state index contributed by atoms with van der Waals surface area (Å²) in [4.78, 5) is 12.0. The molecule has 2 rings (SSSR count). The lowest BCUT2D eigenvalue weighted by Gasteiger charge is -2.20. The Hall–Kier alpha value is -0.530. The fourth-order valence-corrected chi connectivity index (χ4v) is 3.17. The monoisotopic (exact) mass is 210 g/mol. The van der Waals surface area contributed by atoms with Crippen LogP contribution >= 0.6 is 0 Å². The van der Waals surface area contributed by atoms with Crippen molar-refractivity contribution in [3.05, 3.63) is 0 Å². The van der Waals surface area contributed by atoms with E-state index in [9.17, 15) is 4.79 Å². The van der Waals surface area contributed by atoms with E-state index in [1.54, 1.807) is 0 Å². The second-order valence-corrected chi connectivity index (χ2v) is 6.37. The smallest absolute Gasteiger partial charge is 0.310 e. The number of hydrogen-bond acceptors (Lipinski definition) is 2. The summed E-state index contributed by atoms with van der Waals surface area (Å²) in [7, 11) is 0. The lowest BCUT2D eigenvalue weighted by Crippen LogP contribution is -2.26. The molecule has 0 bridgehead atoms. The SMILES string of the molecule is CC(C)(C)OC(=O)[C@H]1[C@H]2CCCC[C@]21C. The highest BCUT2D eigenvalue weighted by Crippen LogP contribution is 2.66. The second kappa shape index (κ2) is 3.23. The summed E-state index contributed by atoms with van der Waals surface area (Å²) in [6.45, 7) is 8.09. The molecule has 0 aromatic heterocycles. The second-order valence-electron chi connectivity index (χ2n) is 6.37. The van der Waals surface area contributed by atoms with E-state index in [1.807, 2.05) is 20.8 Å².